The molecule has 0 aliphatic carbocycles. The van der Waals surface area contributed by atoms with Crippen molar-refractivity contribution < 1.29 is 18.7 Å². The Bertz CT molecular complexity index is 896. The van der Waals surface area contributed by atoms with E-state index in [4.69, 9.17) is 9.15 Å². The molecule has 5 nitrogen and oxygen atoms in total. The smallest absolute Gasteiger partial charge is 0.343 e. The van der Waals surface area contributed by atoms with Crippen LogP contribution in [-0.4, -0.2) is 11.9 Å². The predicted molar refractivity (Wildman–Crippen MR) is 94.0 cm³/mol. The van der Waals surface area contributed by atoms with E-state index in [9.17, 15) is 9.59 Å². The zero-order valence-electron chi connectivity index (χ0n) is 13.9. The molecule has 3 rings (SSSR count). The van der Waals surface area contributed by atoms with Crippen molar-refractivity contribution in [2.24, 2.45) is 0 Å². The van der Waals surface area contributed by atoms with Crippen LogP contribution in [0.1, 0.15) is 32.0 Å². The number of amides is 1. The zero-order chi connectivity index (χ0) is 17.8. The molecular weight excluding hydrogens is 318 g/mol. The van der Waals surface area contributed by atoms with Gasteiger partial charge in [-0.1, -0.05) is 6.07 Å². The second kappa shape index (κ2) is 7.05. The SMILES string of the molecule is Cc1ccc(OC(=O)c2ccc(NC(=O)c3ccco3)cc2)cc1C. The quantitative estimate of drug-likeness (QED) is 0.568. The average molecular weight is 335 g/mol. The van der Waals surface area contributed by atoms with Crippen LogP contribution in [0.3, 0.4) is 0 Å². The van der Waals surface area contributed by atoms with E-state index < -0.39 is 5.97 Å². The molecule has 0 saturated carbocycles. The van der Waals surface area contributed by atoms with Gasteiger partial charge in [0.2, 0.25) is 0 Å². The minimum absolute atomic E-state index is 0.221. The fourth-order valence-electron chi connectivity index (χ4n) is 2.23. The van der Waals surface area contributed by atoms with Gasteiger partial charge in [0.15, 0.2) is 5.76 Å². The Labute approximate surface area is 145 Å². The molecule has 1 aromatic heterocycles. The molecule has 25 heavy (non-hydrogen) atoms. The van der Waals surface area contributed by atoms with Crippen molar-refractivity contribution >= 4 is 17.6 Å². The van der Waals surface area contributed by atoms with Gasteiger partial charge in [0.1, 0.15) is 5.75 Å². The second-order valence-corrected chi connectivity index (χ2v) is 5.64. The maximum atomic E-state index is 12.2. The maximum Gasteiger partial charge on any atom is 0.343 e. The number of esters is 1. The van der Waals surface area contributed by atoms with Gasteiger partial charge in [-0.05, 0) is 73.5 Å². The Kier molecular flexibility index (Phi) is 4.66. The molecule has 126 valence electrons. The monoisotopic (exact) mass is 335 g/mol. The standard InChI is InChI=1S/C20H17NO4/c1-13-5-10-17(12-14(13)2)25-20(23)15-6-8-16(9-7-15)21-19(22)18-4-3-11-24-18/h3-12H,1-2H3,(H,21,22). The number of aryl methyl sites for hydroxylation is 2. The van der Waals surface area contributed by atoms with E-state index in [-0.39, 0.29) is 11.7 Å². The highest BCUT2D eigenvalue weighted by atomic mass is 16.5. The van der Waals surface area contributed by atoms with Crippen molar-refractivity contribution in [3.63, 3.8) is 0 Å². The predicted octanol–water partition coefficient (Wildman–Crippen LogP) is 4.37. The molecule has 0 fully saturated rings. The van der Waals surface area contributed by atoms with Gasteiger partial charge in [0, 0.05) is 5.69 Å². The summed E-state index contributed by atoms with van der Waals surface area (Å²) in [4.78, 5) is 24.1. The number of hydrogen-bond acceptors (Lipinski definition) is 4. The molecule has 0 aliphatic rings. The van der Waals surface area contributed by atoms with E-state index in [1.165, 1.54) is 6.26 Å². The summed E-state index contributed by atoms with van der Waals surface area (Å²) >= 11 is 0. The van der Waals surface area contributed by atoms with Crippen LogP contribution in [0, 0.1) is 13.8 Å². The van der Waals surface area contributed by atoms with E-state index >= 15 is 0 Å². The van der Waals surface area contributed by atoms with Gasteiger partial charge in [0.05, 0.1) is 11.8 Å². The van der Waals surface area contributed by atoms with Crippen LogP contribution >= 0.6 is 0 Å². The number of nitrogens with one attached hydrogen (secondary N) is 1. The minimum atomic E-state index is -0.452. The normalized spacial score (nSPS) is 10.3. The zero-order valence-corrected chi connectivity index (χ0v) is 13.9. The number of ether oxygens (including phenoxy) is 1. The van der Waals surface area contributed by atoms with Crippen molar-refractivity contribution in [1.29, 1.82) is 0 Å². The summed E-state index contributed by atoms with van der Waals surface area (Å²) in [5.41, 5.74) is 3.15. The Morgan fingerprint density at radius 2 is 1.72 bits per heavy atom. The summed E-state index contributed by atoms with van der Waals surface area (Å²) in [7, 11) is 0. The third-order valence-corrected chi connectivity index (χ3v) is 3.81. The van der Waals surface area contributed by atoms with Crippen molar-refractivity contribution in [2.75, 3.05) is 5.32 Å². The maximum absolute atomic E-state index is 12.2. The second-order valence-electron chi connectivity index (χ2n) is 5.64. The Hall–Kier alpha value is -3.34. The van der Waals surface area contributed by atoms with Gasteiger partial charge in [-0.15, -0.1) is 0 Å². The molecule has 0 aliphatic heterocycles. The first-order chi connectivity index (χ1) is 12.0. The molecule has 2 aromatic carbocycles. The molecule has 3 aromatic rings. The summed E-state index contributed by atoms with van der Waals surface area (Å²) in [5.74, 6) is -0.0795. The summed E-state index contributed by atoms with van der Waals surface area (Å²) in [6.45, 7) is 3.96. The largest absolute Gasteiger partial charge is 0.459 e. The first kappa shape index (κ1) is 16.5. The highest BCUT2D eigenvalue weighted by Crippen LogP contribution is 2.19. The van der Waals surface area contributed by atoms with Gasteiger partial charge in [-0.3, -0.25) is 4.79 Å². The molecule has 0 bridgehead atoms. The number of hydrogen-bond donors (Lipinski definition) is 1. The van der Waals surface area contributed by atoms with Crippen molar-refractivity contribution in [1.82, 2.24) is 0 Å². The molecule has 0 atom stereocenters. The van der Waals surface area contributed by atoms with Crippen LogP contribution in [0.15, 0.2) is 65.3 Å². The molecule has 0 unspecified atom stereocenters. The van der Waals surface area contributed by atoms with E-state index in [0.29, 0.717) is 17.0 Å². The molecule has 0 radical (unpaired) electrons. The van der Waals surface area contributed by atoms with E-state index in [2.05, 4.69) is 5.32 Å². The van der Waals surface area contributed by atoms with E-state index in [1.807, 2.05) is 26.0 Å². The summed E-state index contributed by atoms with van der Waals surface area (Å²) in [6, 6.07) is 15.2. The van der Waals surface area contributed by atoms with Crippen LogP contribution in [-0.2, 0) is 0 Å². The Balaban J connectivity index is 1.66. The minimum Gasteiger partial charge on any atom is -0.459 e. The Morgan fingerprint density at radius 3 is 2.36 bits per heavy atom. The van der Waals surface area contributed by atoms with Gasteiger partial charge >= 0.3 is 5.97 Å². The molecule has 1 amide bonds. The lowest BCUT2D eigenvalue weighted by Gasteiger charge is -2.08. The first-order valence-electron chi connectivity index (χ1n) is 7.77. The third-order valence-electron chi connectivity index (χ3n) is 3.81. The van der Waals surface area contributed by atoms with Gasteiger partial charge in [-0.25, -0.2) is 4.79 Å². The summed E-state index contributed by atoms with van der Waals surface area (Å²) < 4.78 is 10.4. The van der Waals surface area contributed by atoms with Gasteiger partial charge in [-0.2, -0.15) is 0 Å². The van der Waals surface area contributed by atoms with Crippen molar-refractivity contribution in [2.45, 2.75) is 13.8 Å². The molecule has 0 spiro atoms. The van der Waals surface area contributed by atoms with E-state index in [0.717, 1.165) is 11.1 Å². The summed E-state index contributed by atoms with van der Waals surface area (Å²) in [5, 5.41) is 2.69. The number of rotatable bonds is 4. The fourth-order valence-corrected chi connectivity index (χ4v) is 2.23. The Morgan fingerprint density at radius 1 is 0.960 bits per heavy atom. The van der Waals surface area contributed by atoms with Crippen LogP contribution in [0.25, 0.3) is 0 Å². The molecule has 1 heterocycles. The van der Waals surface area contributed by atoms with E-state index in [1.54, 1.807) is 42.5 Å². The van der Waals surface area contributed by atoms with Crippen LogP contribution in [0.4, 0.5) is 5.69 Å². The highest BCUT2D eigenvalue weighted by Gasteiger charge is 2.11. The molecule has 5 heteroatoms. The first-order valence-corrected chi connectivity index (χ1v) is 7.77. The summed E-state index contributed by atoms with van der Waals surface area (Å²) in [6.07, 6.45) is 1.43. The number of furan rings is 1. The lowest BCUT2D eigenvalue weighted by atomic mass is 10.1. The third kappa shape index (κ3) is 3.95. The van der Waals surface area contributed by atoms with Crippen LogP contribution in [0.5, 0.6) is 5.75 Å². The number of benzene rings is 2. The van der Waals surface area contributed by atoms with Gasteiger partial charge < -0.3 is 14.5 Å². The lowest BCUT2D eigenvalue weighted by Crippen LogP contribution is -2.12. The van der Waals surface area contributed by atoms with Crippen molar-refractivity contribution in [3.05, 3.63) is 83.3 Å². The number of anilines is 1. The molecular formula is C20H17NO4. The molecule has 0 saturated heterocycles. The van der Waals surface area contributed by atoms with Gasteiger partial charge in [0.25, 0.3) is 5.91 Å². The number of carbonyl (C=O) groups is 2. The molecule has 1 N–H and O–H groups in total. The highest BCUT2D eigenvalue weighted by molar-refractivity contribution is 6.02. The average Bonchev–Trinajstić information content (AvgIpc) is 3.13. The topological polar surface area (TPSA) is 68.5 Å². The van der Waals surface area contributed by atoms with Crippen molar-refractivity contribution in [3.8, 4) is 5.75 Å². The lowest BCUT2D eigenvalue weighted by molar-refractivity contribution is 0.0734. The number of carbonyl (C=O) groups excluding carboxylic acids is 2. The fraction of sp³-hybridized carbons (Fsp3) is 0.100. The van der Waals surface area contributed by atoms with Crippen LogP contribution in [0.2, 0.25) is 0 Å². The van der Waals surface area contributed by atoms with Crippen LogP contribution < -0.4 is 10.1 Å².